The number of nitriles is 1. The second-order valence-corrected chi connectivity index (χ2v) is 6.81. The van der Waals surface area contributed by atoms with Crippen LogP contribution in [0.2, 0.25) is 5.28 Å². The Hall–Kier alpha value is -2.91. The minimum Gasteiger partial charge on any atom is -0.443 e. The van der Waals surface area contributed by atoms with Crippen molar-refractivity contribution in [1.82, 2.24) is 14.5 Å². The second-order valence-electron chi connectivity index (χ2n) is 6.47. The average Bonchev–Trinajstić information content (AvgIpc) is 2.92. The van der Waals surface area contributed by atoms with Gasteiger partial charge in [-0.25, -0.2) is 19.3 Å². The minimum atomic E-state index is -0.658. The maximum absolute atomic E-state index is 12.8. The van der Waals surface area contributed by atoms with Crippen molar-refractivity contribution in [3.8, 4) is 17.3 Å². The lowest BCUT2D eigenvalue weighted by Gasteiger charge is -2.21. The Morgan fingerprint density at radius 1 is 1.24 bits per heavy atom. The zero-order chi connectivity index (χ0) is 18.2. The van der Waals surface area contributed by atoms with E-state index in [4.69, 9.17) is 21.6 Å². The van der Waals surface area contributed by atoms with E-state index in [-0.39, 0.29) is 5.28 Å². The normalized spacial score (nSPS) is 11.3. The molecule has 0 fully saturated rings. The molecule has 0 saturated heterocycles. The topological polar surface area (TPSA) is 80.8 Å². The first-order valence-corrected chi connectivity index (χ1v) is 7.93. The summed E-state index contributed by atoms with van der Waals surface area (Å²) in [6.07, 6.45) is 2.54. The minimum absolute atomic E-state index is 0.121. The molecule has 2 heterocycles. The molecule has 126 valence electrons. The molecule has 0 aliphatic heterocycles. The quantitative estimate of drug-likeness (QED) is 0.605. The van der Waals surface area contributed by atoms with E-state index in [1.54, 1.807) is 39.0 Å². The van der Waals surface area contributed by atoms with Gasteiger partial charge in [-0.2, -0.15) is 5.26 Å². The van der Waals surface area contributed by atoms with Gasteiger partial charge < -0.3 is 4.74 Å². The molecule has 0 unspecified atom stereocenters. The van der Waals surface area contributed by atoms with Gasteiger partial charge in [-0.3, -0.25) is 0 Å². The number of rotatable bonds is 1. The second kappa shape index (κ2) is 6.19. The van der Waals surface area contributed by atoms with Gasteiger partial charge in [-0.15, -0.1) is 0 Å². The number of fused-ring (bicyclic) bond motifs is 1. The molecule has 0 bridgehead atoms. The van der Waals surface area contributed by atoms with Crippen LogP contribution in [0.5, 0.6) is 0 Å². The molecule has 0 N–H and O–H groups in total. The van der Waals surface area contributed by atoms with Gasteiger partial charge in [0.05, 0.1) is 22.8 Å². The number of aromatic nitrogens is 3. The van der Waals surface area contributed by atoms with Crippen molar-refractivity contribution in [2.45, 2.75) is 26.4 Å². The fourth-order valence-electron chi connectivity index (χ4n) is 2.43. The first-order chi connectivity index (χ1) is 11.8. The Bertz CT molecular complexity index is 995. The smallest absolute Gasteiger partial charge is 0.419 e. The molecule has 0 radical (unpaired) electrons. The van der Waals surface area contributed by atoms with Gasteiger partial charge in [0.25, 0.3) is 0 Å². The Morgan fingerprint density at radius 3 is 2.52 bits per heavy atom. The number of ether oxygens (including phenoxy) is 1. The van der Waals surface area contributed by atoms with E-state index >= 15 is 0 Å². The molecule has 0 spiro atoms. The van der Waals surface area contributed by atoms with Crippen LogP contribution >= 0.6 is 11.6 Å². The van der Waals surface area contributed by atoms with Crippen LogP contribution < -0.4 is 0 Å². The van der Waals surface area contributed by atoms with Gasteiger partial charge in [0.1, 0.15) is 5.60 Å². The zero-order valence-corrected chi connectivity index (χ0v) is 14.7. The van der Waals surface area contributed by atoms with E-state index in [9.17, 15) is 4.79 Å². The highest BCUT2D eigenvalue weighted by molar-refractivity contribution is 6.28. The van der Waals surface area contributed by atoms with Gasteiger partial charge in [-0.1, -0.05) is 6.07 Å². The summed E-state index contributed by atoms with van der Waals surface area (Å²) >= 11 is 5.75. The Balaban J connectivity index is 2.25. The van der Waals surface area contributed by atoms with Crippen LogP contribution in [0.4, 0.5) is 4.79 Å². The van der Waals surface area contributed by atoms with E-state index < -0.39 is 11.7 Å². The van der Waals surface area contributed by atoms with Gasteiger partial charge in [-0.05, 0) is 50.6 Å². The standard InChI is InChI=1S/C18H15ClN4O2/c1-18(2,3)25-17(24)23-14-6-11(8-20)4-5-12(14)7-15(23)13-9-21-16(19)22-10-13/h4-7,9-10H,1-3H3. The highest BCUT2D eigenvalue weighted by Crippen LogP contribution is 2.29. The fraction of sp³-hybridized carbons (Fsp3) is 0.222. The molecule has 0 amide bonds. The molecular weight excluding hydrogens is 340 g/mol. The molecule has 25 heavy (non-hydrogen) atoms. The molecule has 6 nitrogen and oxygen atoms in total. The summed E-state index contributed by atoms with van der Waals surface area (Å²) in [7, 11) is 0. The summed E-state index contributed by atoms with van der Waals surface area (Å²) in [6.45, 7) is 5.38. The van der Waals surface area contributed by atoms with E-state index in [1.165, 1.54) is 17.0 Å². The van der Waals surface area contributed by atoms with Crippen LogP contribution in [0.3, 0.4) is 0 Å². The summed E-state index contributed by atoms with van der Waals surface area (Å²) in [5, 5.41) is 10.1. The van der Waals surface area contributed by atoms with Crippen molar-refractivity contribution in [3.63, 3.8) is 0 Å². The average molecular weight is 355 g/mol. The molecule has 3 aromatic rings. The number of hydrogen-bond acceptors (Lipinski definition) is 5. The fourth-order valence-corrected chi connectivity index (χ4v) is 2.53. The van der Waals surface area contributed by atoms with Gasteiger partial charge in [0.2, 0.25) is 5.28 Å². The molecule has 1 aromatic carbocycles. The number of hydrogen-bond donors (Lipinski definition) is 0. The third-order valence-electron chi connectivity index (χ3n) is 3.43. The number of nitrogens with zero attached hydrogens (tertiary/aromatic N) is 4. The Morgan fingerprint density at radius 2 is 1.92 bits per heavy atom. The molecule has 0 aliphatic carbocycles. The van der Waals surface area contributed by atoms with E-state index in [1.807, 2.05) is 6.07 Å². The van der Waals surface area contributed by atoms with E-state index in [0.29, 0.717) is 22.3 Å². The van der Waals surface area contributed by atoms with Crippen molar-refractivity contribution >= 4 is 28.6 Å². The van der Waals surface area contributed by atoms with Crippen LogP contribution in [-0.4, -0.2) is 26.2 Å². The predicted molar refractivity (Wildman–Crippen MR) is 94.3 cm³/mol. The van der Waals surface area contributed by atoms with Crippen molar-refractivity contribution in [1.29, 1.82) is 5.26 Å². The molecule has 0 atom stereocenters. The lowest BCUT2D eigenvalue weighted by atomic mass is 10.2. The summed E-state index contributed by atoms with van der Waals surface area (Å²) in [6, 6.07) is 9.05. The molecule has 2 aromatic heterocycles. The SMILES string of the molecule is CC(C)(C)OC(=O)n1c(-c2cnc(Cl)nc2)cc2ccc(C#N)cc21. The predicted octanol–water partition coefficient (Wildman–Crippen LogP) is 4.41. The molecule has 0 saturated carbocycles. The van der Waals surface area contributed by atoms with Crippen LogP contribution in [0, 0.1) is 11.3 Å². The van der Waals surface area contributed by atoms with Crippen LogP contribution in [-0.2, 0) is 4.74 Å². The van der Waals surface area contributed by atoms with E-state index in [2.05, 4.69) is 16.0 Å². The van der Waals surface area contributed by atoms with Crippen molar-refractivity contribution in [2.24, 2.45) is 0 Å². The zero-order valence-electron chi connectivity index (χ0n) is 13.9. The van der Waals surface area contributed by atoms with Crippen molar-refractivity contribution in [2.75, 3.05) is 0 Å². The number of carbonyl (C=O) groups excluding carboxylic acids is 1. The molecular formula is C18H15ClN4O2. The van der Waals surface area contributed by atoms with Crippen LogP contribution in [0.15, 0.2) is 36.7 Å². The molecule has 7 heteroatoms. The van der Waals surface area contributed by atoms with Crippen molar-refractivity contribution in [3.05, 3.63) is 47.5 Å². The first kappa shape index (κ1) is 16.9. The highest BCUT2D eigenvalue weighted by atomic mass is 35.5. The van der Waals surface area contributed by atoms with Crippen LogP contribution in [0.25, 0.3) is 22.2 Å². The Kier molecular flexibility index (Phi) is 4.19. The third kappa shape index (κ3) is 3.47. The lowest BCUT2D eigenvalue weighted by Crippen LogP contribution is -2.27. The maximum atomic E-state index is 12.8. The number of halogens is 1. The van der Waals surface area contributed by atoms with Crippen molar-refractivity contribution < 1.29 is 9.53 Å². The molecule has 0 aliphatic rings. The summed E-state index contributed by atoms with van der Waals surface area (Å²) in [4.78, 5) is 20.7. The Labute approximate surface area is 149 Å². The largest absolute Gasteiger partial charge is 0.443 e. The van der Waals surface area contributed by atoms with Gasteiger partial charge in [0, 0.05) is 23.3 Å². The lowest BCUT2D eigenvalue weighted by molar-refractivity contribution is 0.0547. The summed E-state index contributed by atoms with van der Waals surface area (Å²) < 4.78 is 6.95. The highest BCUT2D eigenvalue weighted by Gasteiger charge is 2.23. The molecule has 3 rings (SSSR count). The van der Waals surface area contributed by atoms with Gasteiger partial charge in [0.15, 0.2) is 0 Å². The summed E-state index contributed by atoms with van der Waals surface area (Å²) in [5.74, 6) is 0. The van der Waals surface area contributed by atoms with Crippen LogP contribution in [0.1, 0.15) is 26.3 Å². The van der Waals surface area contributed by atoms with Gasteiger partial charge >= 0.3 is 6.09 Å². The number of carbonyl (C=O) groups is 1. The maximum Gasteiger partial charge on any atom is 0.419 e. The monoisotopic (exact) mass is 354 g/mol. The summed E-state index contributed by atoms with van der Waals surface area (Å²) in [5.41, 5.74) is 1.56. The third-order valence-corrected chi connectivity index (χ3v) is 3.62. The first-order valence-electron chi connectivity index (χ1n) is 7.55. The van der Waals surface area contributed by atoms with E-state index in [0.717, 1.165) is 5.39 Å². The number of benzene rings is 1.